The summed E-state index contributed by atoms with van der Waals surface area (Å²) in [6.45, 7) is -0.193. The van der Waals surface area contributed by atoms with Crippen molar-refractivity contribution in [3.8, 4) is 0 Å². The Kier molecular flexibility index (Phi) is 3.80. The van der Waals surface area contributed by atoms with Crippen LogP contribution in [0.2, 0.25) is 0 Å². The van der Waals surface area contributed by atoms with Crippen LogP contribution in [0.25, 0.3) is 11.2 Å². The van der Waals surface area contributed by atoms with Crippen LogP contribution in [0.5, 0.6) is 0 Å². The van der Waals surface area contributed by atoms with Crippen molar-refractivity contribution in [2.45, 2.75) is 29.7 Å². The van der Waals surface area contributed by atoms with Gasteiger partial charge in [-0.15, -0.1) is 0 Å². The maximum atomic E-state index is 11.9. The first-order valence-corrected chi connectivity index (χ1v) is 9.62. The number of hydrogen-bond acceptors (Lipinski definition) is 9. The lowest BCUT2D eigenvalue weighted by Crippen LogP contribution is -2.39. The average molecular weight is 376 g/mol. The number of imidazole rings is 1. The van der Waals surface area contributed by atoms with Crippen LogP contribution in [0, 0.1) is 0 Å². The molecule has 4 rings (SSSR count). The van der Waals surface area contributed by atoms with E-state index in [9.17, 15) is 19.4 Å². The van der Waals surface area contributed by atoms with Gasteiger partial charge >= 0.3 is 7.82 Å². The van der Waals surface area contributed by atoms with E-state index >= 15 is 0 Å². The van der Waals surface area contributed by atoms with E-state index in [0.717, 1.165) is 0 Å². The van der Waals surface area contributed by atoms with Crippen molar-refractivity contribution in [1.29, 1.82) is 0 Å². The van der Waals surface area contributed by atoms with E-state index < -0.39 is 37.9 Å². The monoisotopic (exact) mass is 376 g/mol. The molecule has 2 saturated heterocycles. The number of hydrogen-bond donors (Lipinski definition) is 3. The minimum absolute atomic E-state index is 0.109. The highest BCUT2D eigenvalue weighted by Gasteiger charge is 2.53. The van der Waals surface area contributed by atoms with E-state index in [1.165, 1.54) is 22.7 Å². The number of H-pyrrole nitrogens is 1. The van der Waals surface area contributed by atoms with Crippen molar-refractivity contribution >= 4 is 30.7 Å². The number of aromatic amines is 1. The lowest BCUT2D eigenvalue weighted by molar-refractivity contribution is -0.0684. The van der Waals surface area contributed by atoms with Gasteiger partial charge in [-0.25, -0.2) is 14.5 Å². The molecule has 0 bridgehead atoms. The van der Waals surface area contributed by atoms with Crippen LogP contribution in [0.15, 0.2) is 16.3 Å². The molecule has 2 aliphatic heterocycles. The standard InChI is InChI=1S/C11H13N4O7PS/c1-24-11-14-5-8(12-3-13-9(5)17)15(11)10-6(16)7-4(21-10)2-20-23(18,19)22-7/h3-4,6-7,10,16H,2H2,1H3,(H,18,19)(H,12,13,17). The second-order valence-electron chi connectivity index (χ2n) is 5.26. The molecule has 0 spiro atoms. The Labute approximate surface area is 138 Å². The summed E-state index contributed by atoms with van der Waals surface area (Å²) in [5, 5.41) is 10.9. The fraction of sp³-hybridized carbons (Fsp3) is 0.545. The zero-order valence-electron chi connectivity index (χ0n) is 12.2. The molecule has 0 saturated carbocycles. The minimum Gasteiger partial charge on any atom is -0.386 e. The molecule has 5 atom stereocenters. The molecule has 0 aliphatic carbocycles. The van der Waals surface area contributed by atoms with Crippen LogP contribution in [-0.4, -0.2) is 60.7 Å². The first-order chi connectivity index (χ1) is 11.4. The smallest absolute Gasteiger partial charge is 0.386 e. The molecule has 0 amide bonds. The molecule has 0 radical (unpaired) electrons. The van der Waals surface area contributed by atoms with Crippen molar-refractivity contribution in [3.05, 3.63) is 16.7 Å². The summed E-state index contributed by atoms with van der Waals surface area (Å²) in [6.07, 6.45) is -1.03. The molecular weight excluding hydrogens is 363 g/mol. The molecule has 2 aliphatic rings. The summed E-state index contributed by atoms with van der Waals surface area (Å²) < 4.78 is 28.4. The van der Waals surface area contributed by atoms with Gasteiger partial charge in [0.15, 0.2) is 22.5 Å². The van der Waals surface area contributed by atoms with Crippen molar-refractivity contribution < 1.29 is 28.3 Å². The molecule has 2 aromatic heterocycles. The predicted octanol–water partition coefficient (Wildman–Crippen LogP) is -0.384. The van der Waals surface area contributed by atoms with Crippen molar-refractivity contribution in [2.75, 3.05) is 12.9 Å². The predicted molar refractivity (Wildman–Crippen MR) is 80.5 cm³/mol. The summed E-state index contributed by atoms with van der Waals surface area (Å²) in [5.74, 6) is 0. The Bertz CT molecular complexity index is 900. The highest BCUT2D eigenvalue weighted by atomic mass is 32.2. The Hall–Kier alpha value is -1.27. The van der Waals surface area contributed by atoms with Gasteiger partial charge in [0, 0.05) is 0 Å². The van der Waals surface area contributed by atoms with Crippen molar-refractivity contribution in [3.63, 3.8) is 0 Å². The summed E-state index contributed by atoms with van der Waals surface area (Å²) in [6, 6.07) is 0. The summed E-state index contributed by atoms with van der Waals surface area (Å²) >= 11 is 1.24. The Balaban J connectivity index is 1.80. The number of phosphoric acid groups is 1. The van der Waals surface area contributed by atoms with E-state index in [0.29, 0.717) is 5.16 Å². The minimum atomic E-state index is -4.21. The van der Waals surface area contributed by atoms with Gasteiger partial charge in [0.05, 0.1) is 12.9 Å². The summed E-state index contributed by atoms with van der Waals surface area (Å²) in [7, 11) is -4.21. The second-order valence-corrected chi connectivity index (χ2v) is 7.44. The number of aliphatic hydroxyl groups is 1. The van der Waals surface area contributed by atoms with Gasteiger partial charge in [-0.1, -0.05) is 11.8 Å². The van der Waals surface area contributed by atoms with Gasteiger partial charge in [0.2, 0.25) is 0 Å². The SMILES string of the molecule is CSc1nc2c(=O)[nH]cnc2n1C1OC2COP(=O)(O)OC2C1O. The Morgan fingerprint density at radius 2 is 2.33 bits per heavy atom. The zero-order chi connectivity index (χ0) is 17.1. The van der Waals surface area contributed by atoms with E-state index in [1.807, 2.05) is 0 Å². The summed E-state index contributed by atoms with van der Waals surface area (Å²) in [4.78, 5) is 32.1. The number of ether oxygens (including phenoxy) is 1. The van der Waals surface area contributed by atoms with Gasteiger partial charge in [0.25, 0.3) is 5.56 Å². The number of aliphatic hydroxyl groups excluding tert-OH is 1. The van der Waals surface area contributed by atoms with Crippen LogP contribution >= 0.6 is 19.6 Å². The fourth-order valence-corrected chi connectivity index (χ4v) is 4.36. The second kappa shape index (κ2) is 5.63. The zero-order valence-corrected chi connectivity index (χ0v) is 13.9. The van der Waals surface area contributed by atoms with E-state index in [4.69, 9.17) is 13.8 Å². The van der Waals surface area contributed by atoms with Crippen molar-refractivity contribution in [2.24, 2.45) is 0 Å². The molecule has 24 heavy (non-hydrogen) atoms. The molecule has 4 heterocycles. The lowest BCUT2D eigenvalue weighted by atomic mass is 10.1. The number of nitrogens with zero attached hydrogens (tertiary/aromatic N) is 3. The molecule has 11 nitrogen and oxygen atoms in total. The molecular formula is C11H13N4O7PS. The van der Waals surface area contributed by atoms with Gasteiger partial charge in [-0.3, -0.25) is 18.4 Å². The van der Waals surface area contributed by atoms with E-state index in [2.05, 4.69) is 15.0 Å². The highest BCUT2D eigenvalue weighted by molar-refractivity contribution is 7.98. The maximum absolute atomic E-state index is 11.9. The lowest BCUT2D eigenvalue weighted by Gasteiger charge is -2.27. The third-order valence-electron chi connectivity index (χ3n) is 3.85. The fourth-order valence-electron chi connectivity index (χ4n) is 2.82. The first-order valence-electron chi connectivity index (χ1n) is 6.90. The number of phosphoric ester groups is 1. The van der Waals surface area contributed by atoms with Gasteiger partial charge in [-0.2, -0.15) is 0 Å². The Morgan fingerprint density at radius 1 is 1.54 bits per heavy atom. The van der Waals surface area contributed by atoms with Crippen LogP contribution in [-0.2, 0) is 18.3 Å². The van der Waals surface area contributed by atoms with Gasteiger partial charge in [0.1, 0.15) is 18.3 Å². The van der Waals surface area contributed by atoms with Crippen molar-refractivity contribution in [1.82, 2.24) is 19.5 Å². The van der Waals surface area contributed by atoms with Gasteiger partial charge in [-0.05, 0) is 6.26 Å². The molecule has 130 valence electrons. The number of thioether (sulfide) groups is 1. The summed E-state index contributed by atoms with van der Waals surface area (Å²) in [5.41, 5.74) is -0.0742. The number of aromatic nitrogens is 4. The normalized spacial score (nSPS) is 36.1. The molecule has 0 aromatic carbocycles. The van der Waals surface area contributed by atoms with Crippen LogP contribution in [0.1, 0.15) is 6.23 Å². The molecule has 5 unspecified atom stereocenters. The number of fused-ring (bicyclic) bond motifs is 2. The molecule has 3 N–H and O–H groups in total. The third kappa shape index (κ3) is 2.42. The van der Waals surface area contributed by atoms with Crippen LogP contribution in [0.3, 0.4) is 0 Å². The van der Waals surface area contributed by atoms with Crippen LogP contribution in [0.4, 0.5) is 0 Å². The number of nitrogens with one attached hydrogen (secondary N) is 1. The van der Waals surface area contributed by atoms with E-state index in [-0.39, 0.29) is 17.8 Å². The highest BCUT2D eigenvalue weighted by Crippen LogP contribution is 2.52. The molecule has 13 heteroatoms. The largest absolute Gasteiger partial charge is 0.472 e. The molecule has 2 fully saturated rings. The van der Waals surface area contributed by atoms with Gasteiger partial charge < -0.3 is 19.7 Å². The van der Waals surface area contributed by atoms with Crippen LogP contribution < -0.4 is 5.56 Å². The van der Waals surface area contributed by atoms with E-state index in [1.54, 1.807) is 6.26 Å². The first kappa shape index (κ1) is 16.2. The Morgan fingerprint density at radius 3 is 3.08 bits per heavy atom. The average Bonchev–Trinajstić information content (AvgIpc) is 3.06. The maximum Gasteiger partial charge on any atom is 0.472 e. The topological polar surface area (TPSA) is 149 Å². The molecule has 2 aromatic rings. The quantitative estimate of drug-likeness (QED) is 0.467. The third-order valence-corrected chi connectivity index (χ3v) is 5.49. The number of rotatable bonds is 2.